The molecule has 1 aromatic heterocycles. The highest BCUT2D eigenvalue weighted by Crippen LogP contribution is 2.16. The Hall–Kier alpha value is -1.43. The molecule has 6 heteroatoms. The van der Waals surface area contributed by atoms with Gasteiger partial charge in [0.05, 0.1) is 0 Å². The van der Waals surface area contributed by atoms with E-state index in [0.29, 0.717) is 23.0 Å². The summed E-state index contributed by atoms with van der Waals surface area (Å²) in [6, 6.07) is 0. The first-order valence-corrected chi connectivity index (χ1v) is 7.49. The van der Waals surface area contributed by atoms with E-state index in [9.17, 15) is 4.79 Å². The van der Waals surface area contributed by atoms with Gasteiger partial charge in [0.25, 0.3) is 0 Å². The summed E-state index contributed by atoms with van der Waals surface area (Å²) in [6.07, 6.45) is 6.18. The maximum Gasteiger partial charge on any atom is 0.226 e. The Kier molecular flexibility index (Phi) is 7.10. The molecule has 19 heavy (non-hydrogen) atoms. The van der Waals surface area contributed by atoms with Crippen LogP contribution < -0.4 is 5.32 Å². The van der Waals surface area contributed by atoms with Crippen molar-refractivity contribution in [2.24, 2.45) is 5.16 Å². The van der Waals surface area contributed by atoms with Gasteiger partial charge in [-0.25, -0.2) is 4.98 Å². The van der Waals surface area contributed by atoms with Gasteiger partial charge in [0.15, 0.2) is 5.13 Å². The number of hydrogen-bond acceptors (Lipinski definition) is 5. The van der Waals surface area contributed by atoms with Crippen molar-refractivity contribution in [1.29, 1.82) is 0 Å². The number of nitrogens with one attached hydrogen (secondary N) is 1. The zero-order chi connectivity index (χ0) is 14.1. The molecule has 0 aliphatic rings. The lowest BCUT2D eigenvalue weighted by molar-refractivity contribution is -0.116. The number of carbonyl (C=O) groups is 1. The SMILES string of the molecule is CCCCCCCC(=O)Nc1nc(C(C)=NO)cs1. The van der Waals surface area contributed by atoms with Gasteiger partial charge < -0.3 is 10.5 Å². The molecule has 0 aliphatic carbocycles. The van der Waals surface area contributed by atoms with Crippen molar-refractivity contribution in [3.63, 3.8) is 0 Å². The minimum atomic E-state index is -0.00371. The van der Waals surface area contributed by atoms with E-state index in [1.54, 1.807) is 12.3 Å². The Morgan fingerprint density at radius 3 is 2.84 bits per heavy atom. The van der Waals surface area contributed by atoms with Gasteiger partial charge in [-0.05, 0) is 13.3 Å². The monoisotopic (exact) mass is 283 g/mol. The third-order valence-corrected chi connectivity index (χ3v) is 3.54. The fraction of sp³-hybridized carbons (Fsp3) is 0.615. The molecule has 0 saturated heterocycles. The van der Waals surface area contributed by atoms with Crippen LogP contribution in [0.5, 0.6) is 0 Å². The highest BCUT2D eigenvalue weighted by atomic mass is 32.1. The van der Waals surface area contributed by atoms with Crippen LogP contribution >= 0.6 is 11.3 Å². The smallest absolute Gasteiger partial charge is 0.226 e. The number of anilines is 1. The molecule has 106 valence electrons. The molecule has 0 fully saturated rings. The molecule has 0 unspecified atom stereocenters. The van der Waals surface area contributed by atoms with Crippen molar-refractivity contribution in [3.05, 3.63) is 11.1 Å². The molecule has 2 N–H and O–H groups in total. The van der Waals surface area contributed by atoms with Crippen molar-refractivity contribution in [2.75, 3.05) is 5.32 Å². The van der Waals surface area contributed by atoms with Crippen LogP contribution in [0.1, 0.15) is 58.1 Å². The highest BCUT2D eigenvalue weighted by molar-refractivity contribution is 7.14. The van der Waals surface area contributed by atoms with Crippen LogP contribution in [0.25, 0.3) is 0 Å². The van der Waals surface area contributed by atoms with E-state index in [4.69, 9.17) is 5.21 Å². The number of oxime groups is 1. The third-order valence-electron chi connectivity index (χ3n) is 2.78. The zero-order valence-corrected chi connectivity index (χ0v) is 12.3. The number of unbranched alkanes of at least 4 members (excludes halogenated alkanes) is 4. The predicted octanol–water partition coefficient (Wildman–Crippen LogP) is 3.64. The van der Waals surface area contributed by atoms with Crippen molar-refractivity contribution in [3.8, 4) is 0 Å². The average Bonchev–Trinajstić information content (AvgIpc) is 2.86. The molecule has 1 amide bonds. The van der Waals surface area contributed by atoms with Crippen LogP contribution in [0.2, 0.25) is 0 Å². The maximum atomic E-state index is 11.7. The van der Waals surface area contributed by atoms with E-state index in [2.05, 4.69) is 22.4 Å². The number of carbonyl (C=O) groups excluding carboxylic acids is 1. The maximum absolute atomic E-state index is 11.7. The molecular weight excluding hydrogens is 262 g/mol. The van der Waals surface area contributed by atoms with Gasteiger partial charge in [0.1, 0.15) is 11.4 Å². The molecular formula is C13H21N3O2S. The lowest BCUT2D eigenvalue weighted by Crippen LogP contribution is -2.11. The Bertz CT molecular complexity index is 429. The summed E-state index contributed by atoms with van der Waals surface area (Å²) < 4.78 is 0. The Morgan fingerprint density at radius 1 is 1.42 bits per heavy atom. The quantitative estimate of drug-likeness (QED) is 0.331. The van der Waals surface area contributed by atoms with Crippen LogP contribution in [0.3, 0.4) is 0 Å². The van der Waals surface area contributed by atoms with Crippen molar-refractivity contribution >= 4 is 28.1 Å². The van der Waals surface area contributed by atoms with Gasteiger partial charge in [0.2, 0.25) is 5.91 Å². The Labute approximate surface area is 117 Å². The fourth-order valence-corrected chi connectivity index (χ4v) is 2.39. The number of aromatic nitrogens is 1. The first-order chi connectivity index (χ1) is 9.17. The second-order valence-electron chi connectivity index (χ2n) is 4.44. The predicted molar refractivity (Wildman–Crippen MR) is 78.1 cm³/mol. The second kappa shape index (κ2) is 8.63. The summed E-state index contributed by atoms with van der Waals surface area (Å²) in [4.78, 5) is 15.8. The van der Waals surface area contributed by atoms with Crippen LogP contribution in [-0.2, 0) is 4.79 Å². The summed E-state index contributed by atoms with van der Waals surface area (Å²) in [5.41, 5.74) is 1.03. The van der Waals surface area contributed by atoms with E-state index < -0.39 is 0 Å². The minimum absolute atomic E-state index is 0.00371. The molecule has 5 nitrogen and oxygen atoms in total. The molecule has 0 aromatic carbocycles. The van der Waals surface area contributed by atoms with Crippen LogP contribution in [-0.4, -0.2) is 21.8 Å². The average molecular weight is 283 g/mol. The molecule has 0 bridgehead atoms. The second-order valence-corrected chi connectivity index (χ2v) is 5.29. The third kappa shape index (κ3) is 5.83. The molecule has 0 radical (unpaired) electrons. The highest BCUT2D eigenvalue weighted by Gasteiger charge is 2.08. The van der Waals surface area contributed by atoms with E-state index in [1.165, 1.54) is 30.6 Å². The molecule has 0 spiro atoms. The molecule has 0 atom stereocenters. The minimum Gasteiger partial charge on any atom is -0.411 e. The van der Waals surface area contributed by atoms with Gasteiger partial charge in [0, 0.05) is 11.8 Å². The molecule has 0 aliphatic heterocycles. The molecule has 1 aromatic rings. The standard InChI is InChI=1S/C13H21N3O2S/c1-3-4-5-6-7-8-12(17)15-13-14-11(9-19-13)10(2)16-18/h9,18H,3-8H2,1-2H3,(H,14,15,17). The van der Waals surface area contributed by atoms with E-state index >= 15 is 0 Å². The number of rotatable bonds is 8. The van der Waals surface area contributed by atoms with Crippen LogP contribution in [0.15, 0.2) is 10.5 Å². The van der Waals surface area contributed by atoms with Crippen LogP contribution in [0, 0.1) is 0 Å². The molecule has 0 saturated carbocycles. The van der Waals surface area contributed by atoms with Gasteiger partial charge in [-0.1, -0.05) is 37.8 Å². The summed E-state index contributed by atoms with van der Waals surface area (Å²) in [6.45, 7) is 3.83. The topological polar surface area (TPSA) is 74.6 Å². The Morgan fingerprint density at radius 2 is 2.16 bits per heavy atom. The largest absolute Gasteiger partial charge is 0.411 e. The lowest BCUT2D eigenvalue weighted by Gasteiger charge is -2.01. The number of thiazole rings is 1. The summed E-state index contributed by atoms with van der Waals surface area (Å²) in [5.74, 6) is -0.00371. The number of nitrogens with zero attached hydrogens (tertiary/aromatic N) is 2. The fourth-order valence-electron chi connectivity index (χ4n) is 1.62. The summed E-state index contributed by atoms with van der Waals surface area (Å²) in [5, 5.41) is 16.8. The number of amides is 1. The van der Waals surface area contributed by atoms with E-state index in [0.717, 1.165) is 12.8 Å². The summed E-state index contributed by atoms with van der Waals surface area (Å²) >= 11 is 1.33. The van der Waals surface area contributed by atoms with Crippen molar-refractivity contribution in [1.82, 2.24) is 4.98 Å². The number of hydrogen-bond donors (Lipinski definition) is 2. The van der Waals surface area contributed by atoms with Crippen molar-refractivity contribution < 1.29 is 10.0 Å². The zero-order valence-electron chi connectivity index (χ0n) is 11.5. The summed E-state index contributed by atoms with van der Waals surface area (Å²) in [7, 11) is 0. The lowest BCUT2D eigenvalue weighted by atomic mass is 10.1. The molecule has 1 heterocycles. The van der Waals surface area contributed by atoms with Crippen molar-refractivity contribution in [2.45, 2.75) is 52.4 Å². The van der Waals surface area contributed by atoms with Gasteiger partial charge in [-0.3, -0.25) is 4.79 Å². The molecule has 1 rings (SSSR count). The Balaban J connectivity index is 2.30. The first kappa shape index (κ1) is 15.6. The van der Waals surface area contributed by atoms with Gasteiger partial charge >= 0.3 is 0 Å². The van der Waals surface area contributed by atoms with Crippen LogP contribution in [0.4, 0.5) is 5.13 Å². The van der Waals surface area contributed by atoms with E-state index in [-0.39, 0.29) is 5.91 Å². The first-order valence-electron chi connectivity index (χ1n) is 6.61. The van der Waals surface area contributed by atoms with E-state index in [1.807, 2.05) is 0 Å². The van der Waals surface area contributed by atoms with Gasteiger partial charge in [-0.2, -0.15) is 0 Å². The normalized spacial score (nSPS) is 11.6. The van der Waals surface area contributed by atoms with Gasteiger partial charge in [-0.15, -0.1) is 11.3 Å².